The van der Waals surface area contributed by atoms with Gasteiger partial charge in [-0.15, -0.1) is 0 Å². The van der Waals surface area contributed by atoms with Gasteiger partial charge in [-0.1, -0.05) is 12.8 Å². The summed E-state index contributed by atoms with van der Waals surface area (Å²) in [6.07, 6.45) is 4.15. The monoisotopic (exact) mass is 168 g/mol. The molecule has 0 bridgehead atoms. The van der Waals surface area contributed by atoms with Crippen molar-refractivity contribution in [1.82, 2.24) is 0 Å². The highest BCUT2D eigenvalue weighted by Gasteiger charge is 2.35. The maximum atomic E-state index is 9.34. The number of nitrogens with two attached hydrogens (primary N) is 1. The molecule has 1 aliphatic carbocycles. The number of hydrogen-bond donors (Lipinski definition) is 2. The average Bonchev–Trinajstić information content (AvgIpc) is 2.54. The fourth-order valence-corrected chi connectivity index (χ4v) is 1.95. The van der Waals surface area contributed by atoms with Crippen LogP contribution in [-0.4, -0.2) is 17.8 Å². The first kappa shape index (κ1) is 9.50. The standard InChI is InChI=1S/C9H16N2O/c10-6-8(12)5-9(7-11)3-1-2-4-9/h8,12H,1-6,10H2/t8-/m1/s1. The lowest BCUT2D eigenvalue weighted by molar-refractivity contribution is 0.130. The molecule has 0 aromatic carbocycles. The third-order valence-corrected chi connectivity index (χ3v) is 2.70. The summed E-state index contributed by atoms with van der Waals surface area (Å²) in [5.74, 6) is 0. The van der Waals surface area contributed by atoms with Crippen LogP contribution in [0.4, 0.5) is 0 Å². The number of hydrogen-bond acceptors (Lipinski definition) is 3. The van der Waals surface area contributed by atoms with Crippen molar-refractivity contribution in [3.8, 4) is 6.07 Å². The summed E-state index contributed by atoms with van der Waals surface area (Å²) < 4.78 is 0. The first-order chi connectivity index (χ1) is 5.72. The van der Waals surface area contributed by atoms with Crippen LogP contribution < -0.4 is 5.73 Å². The van der Waals surface area contributed by atoms with Gasteiger partial charge in [-0.2, -0.15) is 5.26 Å². The van der Waals surface area contributed by atoms with Gasteiger partial charge >= 0.3 is 0 Å². The zero-order chi connectivity index (χ0) is 9.03. The van der Waals surface area contributed by atoms with E-state index >= 15 is 0 Å². The van der Waals surface area contributed by atoms with Gasteiger partial charge in [0.15, 0.2) is 0 Å². The van der Waals surface area contributed by atoms with Crippen molar-refractivity contribution in [2.75, 3.05) is 6.54 Å². The molecule has 0 saturated heterocycles. The van der Waals surface area contributed by atoms with E-state index in [1.807, 2.05) is 0 Å². The van der Waals surface area contributed by atoms with Crippen LogP contribution in [0.25, 0.3) is 0 Å². The Hall–Kier alpha value is -0.590. The lowest BCUT2D eigenvalue weighted by Crippen LogP contribution is -2.28. The normalized spacial score (nSPS) is 23.4. The number of rotatable bonds is 3. The summed E-state index contributed by atoms with van der Waals surface area (Å²) in [7, 11) is 0. The second-order valence-corrected chi connectivity index (χ2v) is 3.69. The Kier molecular flexibility index (Phi) is 3.07. The molecule has 0 radical (unpaired) electrons. The van der Waals surface area contributed by atoms with Crippen molar-refractivity contribution in [3.05, 3.63) is 0 Å². The molecule has 0 aromatic rings. The van der Waals surface area contributed by atoms with Gasteiger partial charge in [0.05, 0.1) is 17.6 Å². The fourth-order valence-electron chi connectivity index (χ4n) is 1.95. The van der Waals surface area contributed by atoms with Crippen molar-refractivity contribution in [2.24, 2.45) is 11.1 Å². The molecule has 3 heteroatoms. The molecule has 68 valence electrons. The minimum absolute atomic E-state index is 0.265. The van der Waals surface area contributed by atoms with Crippen molar-refractivity contribution < 1.29 is 5.11 Å². The zero-order valence-electron chi connectivity index (χ0n) is 7.29. The molecule has 0 amide bonds. The smallest absolute Gasteiger partial charge is 0.0690 e. The summed E-state index contributed by atoms with van der Waals surface area (Å²) in [5, 5.41) is 18.3. The molecule has 12 heavy (non-hydrogen) atoms. The van der Waals surface area contributed by atoms with E-state index in [1.165, 1.54) is 0 Å². The van der Waals surface area contributed by atoms with Crippen LogP contribution in [0.2, 0.25) is 0 Å². The van der Waals surface area contributed by atoms with E-state index in [-0.39, 0.29) is 12.0 Å². The van der Waals surface area contributed by atoms with Crippen molar-refractivity contribution in [1.29, 1.82) is 5.26 Å². The molecular weight excluding hydrogens is 152 g/mol. The SMILES string of the molecule is N#CC1(C[C@@H](O)CN)CCCC1. The largest absolute Gasteiger partial charge is 0.392 e. The molecule has 0 spiro atoms. The Labute approximate surface area is 73.2 Å². The lowest BCUT2D eigenvalue weighted by Gasteiger charge is -2.22. The van der Waals surface area contributed by atoms with Crippen LogP contribution >= 0.6 is 0 Å². The van der Waals surface area contributed by atoms with Gasteiger partial charge in [0.25, 0.3) is 0 Å². The van der Waals surface area contributed by atoms with E-state index in [0.717, 1.165) is 25.7 Å². The summed E-state index contributed by atoms with van der Waals surface area (Å²) in [4.78, 5) is 0. The van der Waals surface area contributed by atoms with Crippen LogP contribution in [0.3, 0.4) is 0 Å². The average molecular weight is 168 g/mol. The minimum Gasteiger partial charge on any atom is -0.392 e. The van der Waals surface area contributed by atoms with Crippen LogP contribution in [-0.2, 0) is 0 Å². The molecule has 0 heterocycles. The van der Waals surface area contributed by atoms with Gasteiger partial charge in [0.1, 0.15) is 0 Å². The second kappa shape index (κ2) is 3.88. The second-order valence-electron chi connectivity index (χ2n) is 3.69. The summed E-state index contributed by atoms with van der Waals surface area (Å²) in [6, 6.07) is 2.33. The maximum Gasteiger partial charge on any atom is 0.0690 e. The highest BCUT2D eigenvalue weighted by atomic mass is 16.3. The van der Waals surface area contributed by atoms with Crippen LogP contribution in [0.15, 0.2) is 0 Å². The first-order valence-electron chi connectivity index (χ1n) is 4.52. The third kappa shape index (κ3) is 1.96. The van der Waals surface area contributed by atoms with Crippen LogP contribution in [0, 0.1) is 16.7 Å². The highest BCUT2D eigenvalue weighted by Crippen LogP contribution is 2.41. The number of aliphatic hydroxyl groups is 1. The van der Waals surface area contributed by atoms with E-state index < -0.39 is 6.10 Å². The van der Waals surface area contributed by atoms with E-state index in [2.05, 4.69) is 6.07 Å². The van der Waals surface area contributed by atoms with Gasteiger partial charge in [-0.3, -0.25) is 0 Å². The summed E-state index contributed by atoms with van der Waals surface area (Å²) in [5.41, 5.74) is 5.04. The molecule has 3 nitrogen and oxygen atoms in total. The topological polar surface area (TPSA) is 70.0 Å². The van der Waals surface area contributed by atoms with Gasteiger partial charge < -0.3 is 10.8 Å². The lowest BCUT2D eigenvalue weighted by atomic mass is 9.82. The molecular formula is C9H16N2O. The third-order valence-electron chi connectivity index (χ3n) is 2.70. The predicted octanol–water partition coefficient (Wildman–Crippen LogP) is 0.780. The van der Waals surface area contributed by atoms with Gasteiger partial charge in [0.2, 0.25) is 0 Å². The van der Waals surface area contributed by atoms with Gasteiger partial charge in [0, 0.05) is 6.54 Å². The Bertz CT molecular complexity index is 179. The van der Waals surface area contributed by atoms with Crippen molar-refractivity contribution >= 4 is 0 Å². The number of aliphatic hydroxyl groups excluding tert-OH is 1. The molecule has 1 aliphatic rings. The Morgan fingerprint density at radius 2 is 2.08 bits per heavy atom. The van der Waals surface area contributed by atoms with Crippen LogP contribution in [0.5, 0.6) is 0 Å². The van der Waals surface area contributed by atoms with Crippen molar-refractivity contribution in [3.63, 3.8) is 0 Å². The first-order valence-corrected chi connectivity index (χ1v) is 4.52. The quantitative estimate of drug-likeness (QED) is 0.654. The summed E-state index contributed by atoms with van der Waals surface area (Å²) >= 11 is 0. The van der Waals surface area contributed by atoms with E-state index in [1.54, 1.807) is 0 Å². The minimum atomic E-state index is -0.497. The summed E-state index contributed by atoms with van der Waals surface area (Å²) in [6.45, 7) is 0.267. The molecule has 1 fully saturated rings. The van der Waals surface area contributed by atoms with E-state index in [9.17, 15) is 5.11 Å². The Morgan fingerprint density at radius 3 is 2.50 bits per heavy atom. The molecule has 0 aromatic heterocycles. The van der Waals surface area contributed by atoms with Crippen LogP contribution in [0.1, 0.15) is 32.1 Å². The number of nitrogens with zero attached hydrogens (tertiary/aromatic N) is 1. The highest BCUT2D eigenvalue weighted by molar-refractivity contribution is 5.02. The molecule has 1 atom stereocenters. The Morgan fingerprint density at radius 1 is 1.50 bits per heavy atom. The number of nitriles is 1. The molecule has 0 unspecified atom stereocenters. The van der Waals surface area contributed by atoms with Crippen molar-refractivity contribution in [2.45, 2.75) is 38.2 Å². The Balaban J connectivity index is 2.51. The van der Waals surface area contributed by atoms with E-state index in [0.29, 0.717) is 6.42 Å². The maximum absolute atomic E-state index is 9.34. The molecule has 1 saturated carbocycles. The zero-order valence-corrected chi connectivity index (χ0v) is 7.29. The molecule has 1 rings (SSSR count). The molecule has 0 aliphatic heterocycles. The fraction of sp³-hybridized carbons (Fsp3) is 0.889. The van der Waals surface area contributed by atoms with Gasteiger partial charge in [-0.05, 0) is 19.3 Å². The van der Waals surface area contributed by atoms with Gasteiger partial charge in [-0.25, -0.2) is 0 Å². The van der Waals surface area contributed by atoms with E-state index in [4.69, 9.17) is 11.0 Å². The molecule has 3 N–H and O–H groups in total. The predicted molar refractivity (Wildman–Crippen MR) is 46.2 cm³/mol.